The molecular weight excluding hydrogens is 312 g/mol. The number of amides is 1. The first-order valence-corrected chi connectivity index (χ1v) is 8.49. The van der Waals surface area contributed by atoms with Crippen molar-refractivity contribution in [2.75, 3.05) is 11.9 Å². The van der Waals surface area contributed by atoms with Crippen LogP contribution in [0, 0.1) is 24.2 Å². The van der Waals surface area contributed by atoms with Crippen molar-refractivity contribution in [3.63, 3.8) is 0 Å². The summed E-state index contributed by atoms with van der Waals surface area (Å²) in [5.74, 6) is 0.898. The number of aryl methyl sites for hydroxylation is 1. The minimum absolute atomic E-state index is 0.303. The quantitative estimate of drug-likeness (QED) is 0.814. The van der Waals surface area contributed by atoms with Gasteiger partial charge in [-0.25, -0.2) is 0 Å². The van der Waals surface area contributed by atoms with Crippen LogP contribution in [-0.4, -0.2) is 34.3 Å². The fraction of sp³-hybridized carbons (Fsp3) is 0.706. The maximum Gasteiger partial charge on any atom is 0.312 e. The average molecular weight is 334 g/mol. The van der Waals surface area contributed by atoms with Crippen LogP contribution >= 0.6 is 0 Å². The highest BCUT2D eigenvalue weighted by Crippen LogP contribution is 2.61. The molecule has 1 aromatic rings. The largest absolute Gasteiger partial charge is 0.455 e. The molecule has 4 saturated carbocycles. The summed E-state index contributed by atoms with van der Waals surface area (Å²) in [6.45, 7) is 1.38. The molecule has 7 heteroatoms. The zero-order valence-electron chi connectivity index (χ0n) is 13.7. The first-order chi connectivity index (χ1) is 11.4. The summed E-state index contributed by atoms with van der Waals surface area (Å²) in [5, 5.41) is 16.9. The number of aromatic nitrogens is 1. The maximum absolute atomic E-state index is 12.7. The predicted molar refractivity (Wildman–Crippen MR) is 82.9 cm³/mol. The molecule has 1 heterocycles. The van der Waals surface area contributed by atoms with Gasteiger partial charge in [0.1, 0.15) is 5.76 Å². The van der Waals surface area contributed by atoms with Gasteiger partial charge in [-0.15, -0.1) is 0 Å². The summed E-state index contributed by atoms with van der Waals surface area (Å²) < 4.78 is 10.2. The van der Waals surface area contributed by atoms with Crippen LogP contribution in [-0.2, 0) is 14.3 Å². The van der Waals surface area contributed by atoms with Crippen molar-refractivity contribution in [1.29, 1.82) is 0 Å². The number of carbonyl (C=O) groups is 2. The molecule has 130 valence electrons. The monoisotopic (exact) mass is 334 g/mol. The Balaban J connectivity index is 1.37. The van der Waals surface area contributed by atoms with Gasteiger partial charge in [0, 0.05) is 6.07 Å². The lowest BCUT2D eigenvalue weighted by Crippen LogP contribution is -2.58. The van der Waals surface area contributed by atoms with E-state index in [0.717, 1.165) is 32.1 Å². The van der Waals surface area contributed by atoms with E-state index in [-0.39, 0.29) is 12.6 Å². The first kappa shape index (κ1) is 15.6. The third kappa shape index (κ3) is 2.70. The molecule has 5 rings (SSSR count). The number of nitrogens with zero attached hydrogens (tertiary/aromatic N) is 1. The normalized spacial score (nSPS) is 36.6. The molecule has 2 N–H and O–H groups in total. The number of hydrogen-bond acceptors (Lipinski definition) is 6. The third-order valence-corrected chi connectivity index (χ3v) is 5.69. The summed E-state index contributed by atoms with van der Waals surface area (Å²) in [4.78, 5) is 24.5. The van der Waals surface area contributed by atoms with Gasteiger partial charge in [-0.1, -0.05) is 5.16 Å². The topological polar surface area (TPSA) is 102 Å². The summed E-state index contributed by atoms with van der Waals surface area (Å²) in [7, 11) is 0. The van der Waals surface area contributed by atoms with Crippen molar-refractivity contribution in [2.24, 2.45) is 17.3 Å². The number of rotatable bonds is 4. The summed E-state index contributed by atoms with van der Waals surface area (Å²) in [6, 6.07) is 1.59. The van der Waals surface area contributed by atoms with Gasteiger partial charge < -0.3 is 19.7 Å². The molecule has 0 saturated heterocycles. The van der Waals surface area contributed by atoms with Crippen molar-refractivity contribution < 1.29 is 24.0 Å². The second kappa shape index (κ2) is 5.31. The highest BCUT2D eigenvalue weighted by atomic mass is 16.5. The molecule has 7 nitrogen and oxygen atoms in total. The van der Waals surface area contributed by atoms with Gasteiger partial charge in [0.05, 0.1) is 11.0 Å². The Morgan fingerprint density at radius 1 is 1.38 bits per heavy atom. The molecule has 0 aliphatic heterocycles. The van der Waals surface area contributed by atoms with E-state index in [9.17, 15) is 14.7 Å². The second-order valence-electron chi connectivity index (χ2n) is 7.91. The van der Waals surface area contributed by atoms with Crippen LogP contribution < -0.4 is 5.32 Å². The molecule has 4 fully saturated rings. The number of anilines is 1. The minimum Gasteiger partial charge on any atom is -0.455 e. The lowest BCUT2D eigenvalue weighted by Gasteiger charge is -2.58. The lowest BCUT2D eigenvalue weighted by atomic mass is 9.48. The van der Waals surface area contributed by atoms with Gasteiger partial charge in [0.2, 0.25) is 0 Å². The van der Waals surface area contributed by atoms with Gasteiger partial charge in [0.15, 0.2) is 12.4 Å². The predicted octanol–water partition coefficient (Wildman–Crippen LogP) is 1.80. The van der Waals surface area contributed by atoms with E-state index in [2.05, 4.69) is 10.5 Å². The van der Waals surface area contributed by atoms with Crippen LogP contribution in [0.2, 0.25) is 0 Å². The Kier molecular flexibility index (Phi) is 3.46. The minimum atomic E-state index is -0.719. The van der Waals surface area contributed by atoms with E-state index in [1.807, 2.05) is 0 Å². The van der Waals surface area contributed by atoms with E-state index in [4.69, 9.17) is 9.26 Å². The Bertz CT molecular complexity index is 668. The molecule has 0 radical (unpaired) electrons. The van der Waals surface area contributed by atoms with Crippen molar-refractivity contribution in [1.82, 2.24) is 5.16 Å². The van der Waals surface area contributed by atoms with E-state index >= 15 is 0 Å². The lowest BCUT2D eigenvalue weighted by molar-refractivity contribution is -0.196. The zero-order chi connectivity index (χ0) is 16.9. The zero-order valence-corrected chi connectivity index (χ0v) is 13.7. The van der Waals surface area contributed by atoms with Crippen molar-refractivity contribution >= 4 is 17.7 Å². The summed E-state index contributed by atoms with van der Waals surface area (Å²) in [5.41, 5.74) is -1.33. The van der Waals surface area contributed by atoms with Crippen LogP contribution in [0.3, 0.4) is 0 Å². The molecule has 0 aromatic carbocycles. The van der Waals surface area contributed by atoms with Crippen LogP contribution in [0.15, 0.2) is 10.6 Å². The molecule has 4 aliphatic rings. The van der Waals surface area contributed by atoms with E-state index in [0.29, 0.717) is 29.8 Å². The number of esters is 1. The molecular formula is C17H22N2O5. The van der Waals surface area contributed by atoms with E-state index < -0.39 is 16.9 Å². The Hall–Kier alpha value is -1.89. The molecule has 0 spiro atoms. The number of hydrogen-bond donors (Lipinski definition) is 2. The SMILES string of the molecule is Cc1cc(NC(=O)COC(=O)C23C[C@@H]4C[C@@H](CC(O)(C4)C2)C3)no1. The molecule has 1 amide bonds. The smallest absolute Gasteiger partial charge is 0.312 e. The van der Waals surface area contributed by atoms with Crippen LogP contribution in [0.1, 0.15) is 44.3 Å². The molecule has 4 bridgehead atoms. The third-order valence-electron chi connectivity index (χ3n) is 5.69. The second-order valence-corrected chi connectivity index (χ2v) is 7.91. The Labute approximate surface area is 139 Å². The average Bonchev–Trinajstić information content (AvgIpc) is 2.87. The van der Waals surface area contributed by atoms with E-state index in [1.54, 1.807) is 13.0 Å². The Morgan fingerprint density at radius 3 is 2.67 bits per heavy atom. The van der Waals surface area contributed by atoms with Crippen molar-refractivity contribution in [3.05, 3.63) is 11.8 Å². The van der Waals surface area contributed by atoms with Gasteiger partial charge in [-0.05, 0) is 57.3 Å². The maximum atomic E-state index is 12.7. The summed E-state index contributed by atoms with van der Waals surface area (Å²) >= 11 is 0. The first-order valence-electron chi connectivity index (χ1n) is 8.49. The number of carbonyl (C=O) groups excluding carboxylic acids is 2. The Morgan fingerprint density at radius 2 is 2.08 bits per heavy atom. The molecule has 4 atom stereocenters. The highest BCUT2D eigenvalue weighted by molar-refractivity contribution is 5.92. The van der Waals surface area contributed by atoms with Gasteiger partial charge in [-0.3, -0.25) is 9.59 Å². The van der Waals surface area contributed by atoms with Crippen molar-refractivity contribution in [3.8, 4) is 0 Å². The van der Waals surface area contributed by atoms with Gasteiger partial charge >= 0.3 is 5.97 Å². The molecule has 1 aromatic heterocycles. The summed E-state index contributed by atoms with van der Waals surface area (Å²) in [6.07, 6.45) is 4.71. The molecule has 4 aliphatic carbocycles. The standard InChI is InChI=1S/C17H22N2O5/c1-10-2-13(19-24-10)18-14(20)8-23-15(21)16-4-11-3-12(5-16)7-17(22,6-11)9-16/h2,11-12,22H,3-9H2,1H3,(H,18,19,20)/t11-,12+,16?,17?. The number of nitrogens with one attached hydrogen (secondary N) is 1. The number of aliphatic hydroxyl groups is 1. The van der Waals surface area contributed by atoms with Crippen LogP contribution in [0.5, 0.6) is 0 Å². The molecule has 24 heavy (non-hydrogen) atoms. The fourth-order valence-electron chi connectivity index (χ4n) is 5.34. The van der Waals surface area contributed by atoms with Crippen molar-refractivity contribution in [2.45, 2.75) is 51.0 Å². The van der Waals surface area contributed by atoms with Crippen LogP contribution in [0.4, 0.5) is 5.82 Å². The van der Waals surface area contributed by atoms with Gasteiger partial charge in [-0.2, -0.15) is 0 Å². The van der Waals surface area contributed by atoms with Gasteiger partial charge in [0.25, 0.3) is 5.91 Å². The van der Waals surface area contributed by atoms with E-state index in [1.165, 1.54) is 0 Å². The fourth-order valence-corrected chi connectivity index (χ4v) is 5.34. The molecule has 2 unspecified atom stereocenters. The highest BCUT2D eigenvalue weighted by Gasteiger charge is 2.60. The number of ether oxygens (including phenoxy) is 1. The van der Waals surface area contributed by atoms with Crippen LogP contribution in [0.25, 0.3) is 0 Å².